The molecule has 0 aliphatic rings. The van der Waals surface area contributed by atoms with Crippen molar-refractivity contribution in [3.8, 4) is 28.6 Å². The van der Waals surface area contributed by atoms with Crippen molar-refractivity contribution in [1.82, 2.24) is 19.7 Å². The van der Waals surface area contributed by atoms with E-state index in [4.69, 9.17) is 20.9 Å². The van der Waals surface area contributed by atoms with Crippen LogP contribution in [0, 0.1) is 0 Å². The van der Waals surface area contributed by atoms with E-state index in [1.807, 2.05) is 0 Å². The second-order valence-electron chi connectivity index (χ2n) is 7.48. The van der Waals surface area contributed by atoms with Crippen LogP contribution in [0.25, 0.3) is 33.7 Å². The lowest BCUT2D eigenvalue weighted by molar-refractivity contribution is -0.142. The van der Waals surface area contributed by atoms with Gasteiger partial charge in [0.1, 0.15) is 11.4 Å². The van der Waals surface area contributed by atoms with Crippen LogP contribution < -0.4 is 4.74 Å². The van der Waals surface area contributed by atoms with E-state index in [1.54, 1.807) is 60.8 Å². The summed E-state index contributed by atoms with van der Waals surface area (Å²) < 4.78 is 55.4. The van der Waals surface area contributed by atoms with Crippen LogP contribution in [0.15, 0.2) is 71.5 Å². The third-order valence-corrected chi connectivity index (χ3v) is 5.60. The topological polar surface area (TPSA) is 66.0 Å². The van der Waals surface area contributed by atoms with Gasteiger partial charge in [-0.1, -0.05) is 28.9 Å². The Bertz CT molecular complexity index is 1460. The zero-order valence-electron chi connectivity index (χ0n) is 17.7. The number of benzene rings is 2. The second-order valence-corrected chi connectivity index (χ2v) is 7.92. The Morgan fingerprint density at radius 2 is 1.88 bits per heavy atom. The van der Waals surface area contributed by atoms with Crippen LogP contribution in [-0.4, -0.2) is 26.8 Å². The fraction of sp³-hybridized carbons (Fsp3) is 0.125. The molecule has 0 bridgehead atoms. The molecule has 0 saturated carbocycles. The molecule has 0 unspecified atom stereocenters. The molecule has 0 aliphatic carbocycles. The van der Waals surface area contributed by atoms with Gasteiger partial charge >= 0.3 is 6.18 Å². The van der Waals surface area contributed by atoms with Crippen LogP contribution in [0.3, 0.4) is 0 Å². The van der Waals surface area contributed by atoms with E-state index < -0.39 is 11.9 Å². The molecule has 3 aromatic heterocycles. The largest absolute Gasteiger partial charge is 0.497 e. The normalized spacial score (nSPS) is 11.8. The van der Waals surface area contributed by atoms with Gasteiger partial charge in [0.15, 0.2) is 0 Å². The van der Waals surface area contributed by atoms with Crippen molar-refractivity contribution in [1.29, 1.82) is 0 Å². The van der Waals surface area contributed by atoms with Crippen molar-refractivity contribution in [2.45, 2.75) is 12.7 Å². The highest BCUT2D eigenvalue weighted by molar-refractivity contribution is 6.30. The van der Waals surface area contributed by atoms with E-state index in [0.29, 0.717) is 32.8 Å². The molecule has 6 nitrogen and oxygen atoms in total. The van der Waals surface area contributed by atoms with Crippen LogP contribution >= 0.6 is 11.6 Å². The molecule has 0 N–H and O–H groups in total. The van der Waals surface area contributed by atoms with Gasteiger partial charge < -0.3 is 13.8 Å². The van der Waals surface area contributed by atoms with Gasteiger partial charge in [-0.05, 0) is 48.0 Å². The first-order valence-electron chi connectivity index (χ1n) is 10.1. The SMILES string of the molecule is COc1ccc2c(c1)c(-c1noc(-c3cccnc3)n1)c(C(F)(F)F)n2Cc1ccc(Cl)cc1. The number of rotatable bonds is 5. The molecular formula is C24H16ClF3N4O2. The number of aromatic nitrogens is 4. The summed E-state index contributed by atoms with van der Waals surface area (Å²) in [6, 6.07) is 14.7. The third-order valence-electron chi connectivity index (χ3n) is 5.35. The lowest BCUT2D eigenvalue weighted by atomic mass is 10.1. The number of fused-ring (bicyclic) bond motifs is 1. The summed E-state index contributed by atoms with van der Waals surface area (Å²) in [5.74, 6) is 0.291. The average molecular weight is 485 g/mol. The molecule has 0 atom stereocenters. The lowest BCUT2D eigenvalue weighted by Crippen LogP contribution is -2.15. The van der Waals surface area contributed by atoms with Crippen LogP contribution in [-0.2, 0) is 12.7 Å². The number of nitrogens with zero attached hydrogens (tertiary/aromatic N) is 4. The Morgan fingerprint density at radius 1 is 1.09 bits per heavy atom. The highest BCUT2D eigenvalue weighted by Crippen LogP contribution is 2.44. The number of pyridine rings is 1. The van der Waals surface area contributed by atoms with Crippen LogP contribution in [0.1, 0.15) is 11.3 Å². The minimum absolute atomic E-state index is 0.0395. The van der Waals surface area contributed by atoms with Gasteiger partial charge in [0.25, 0.3) is 5.89 Å². The molecule has 0 spiro atoms. The van der Waals surface area contributed by atoms with E-state index in [-0.39, 0.29) is 23.8 Å². The highest BCUT2D eigenvalue weighted by atomic mass is 35.5. The molecule has 172 valence electrons. The Hall–Kier alpha value is -3.85. The monoisotopic (exact) mass is 484 g/mol. The molecule has 0 fully saturated rings. The van der Waals surface area contributed by atoms with Crippen LogP contribution in [0.2, 0.25) is 5.02 Å². The molecule has 0 aliphatic heterocycles. The Morgan fingerprint density at radius 3 is 2.56 bits per heavy atom. The van der Waals surface area contributed by atoms with Gasteiger partial charge in [-0.2, -0.15) is 18.2 Å². The molecule has 10 heteroatoms. The van der Waals surface area contributed by atoms with Crippen molar-refractivity contribution in [3.63, 3.8) is 0 Å². The number of ether oxygens (including phenoxy) is 1. The first kappa shape index (κ1) is 22.0. The number of halogens is 4. The molecule has 0 saturated heterocycles. The summed E-state index contributed by atoms with van der Waals surface area (Å²) in [6.45, 7) is -0.0395. The Kier molecular flexibility index (Phi) is 5.49. The molecule has 0 amide bonds. The zero-order chi connectivity index (χ0) is 23.9. The van der Waals surface area contributed by atoms with Gasteiger partial charge in [0, 0.05) is 34.9 Å². The zero-order valence-corrected chi connectivity index (χ0v) is 18.4. The highest BCUT2D eigenvalue weighted by Gasteiger charge is 2.41. The van der Waals surface area contributed by atoms with Gasteiger partial charge in [0.2, 0.25) is 5.82 Å². The number of hydrogen-bond donors (Lipinski definition) is 0. The fourth-order valence-corrected chi connectivity index (χ4v) is 3.98. The average Bonchev–Trinajstić information content (AvgIpc) is 3.43. The summed E-state index contributed by atoms with van der Waals surface area (Å²) in [6.07, 6.45) is -1.64. The van der Waals surface area contributed by atoms with Crippen molar-refractivity contribution < 1.29 is 22.4 Å². The van der Waals surface area contributed by atoms with Crippen molar-refractivity contribution >= 4 is 22.5 Å². The van der Waals surface area contributed by atoms with Crippen molar-refractivity contribution in [2.24, 2.45) is 0 Å². The third kappa shape index (κ3) is 3.99. The number of alkyl halides is 3. The molecule has 34 heavy (non-hydrogen) atoms. The van der Waals surface area contributed by atoms with E-state index in [2.05, 4.69) is 15.1 Å². The molecule has 5 rings (SSSR count). The standard InChI is InChI=1S/C24H16ClF3N4O2/c1-33-17-8-9-19-18(11-17)20(22-30-23(34-31-22)15-3-2-10-29-12-15)21(24(26,27)28)32(19)13-14-4-6-16(25)7-5-14/h2-12H,13H2,1H3. The van der Waals surface area contributed by atoms with Gasteiger partial charge in [-0.15, -0.1) is 0 Å². The van der Waals surface area contributed by atoms with E-state index in [0.717, 1.165) is 0 Å². The molecule has 0 radical (unpaired) electrons. The minimum atomic E-state index is -4.71. The fourth-order valence-electron chi connectivity index (χ4n) is 3.85. The number of hydrogen-bond acceptors (Lipinski definition) is 5. The first-order chi connectivity index (χ1) is 16.3. The molecular weight excluding hydrogens is 469 g/mol. The van der Waals surface area contributed by atoms with Crippen LogP contribution in [0.4, 0.5) is 13.2 Å². The van der Waals surface area contributed by atoms with Crippen molar-refractivity contribution in [3.05, 3.63) is 83.3 Å². The molecule has 2 aromatic carbocycles. The number of methoxy groups -OCH3 is 1. The van der Waals surface area contributed by atoms with Gasteiger partial charge in [-0.25, -0.2) is 0 Å². The second kappa shape index (κ2) is 8.49. The summed E-state index contributed by atoms with van der Waals surface area (Å²) in [5, 5.41) is 4.68. The van der Waals surface area contributed by atoms with Crippen molar-refractivity contribution in [2.75, 3.05) is 7.11 Å². The summed E-state index contributed by atoms with van der Waals surface area (Å²) in [7, 11) is 1.45. The maximum Gasteiger partial charge on any atom is 0.432 e. The lowest BCUT2D eigenvalue weighted by Gasteiger charge is -2.14. The molecule has 5 aromatic rings. The summed E-state index contributed by atoms with van der Waals surface area (Å²) >= 11 is 5.95. The predicted octanol–water partition coefficient (Wildman–Crippen LogP) is 6.48. The van der Waals surface area contributed by atoms with Gasteiger partial charge in [0.05, 0.1) is 18.2 Å². The van der Waals surface area contributed by atoms with E-state index in [1.165, 1.54) is 17.9 Å². The predicted molar refractivity (Wildman–Crippen MR) is 121 cm³/mol. The van der Waals surface area contributed by atoms with Gasteiger partial charge in [-0.3, -0.25) is 4.98 Å². The Balaban J connectivity index is 1.76. The minimum Gasteiger partial charge on any atom is -0.497 e. The first-order valence-corrected chi connectivity index (χ1v) is 10.5. The van der Waals surface area contributed by atoms with E-state index in [9.17, 15) is 13.2 Å². The maximum atomic E-state index is 14.5. The quantitative estimate of drug-likeness (QED) is 0.285. The summed E-state index contributed by atoms with van der Waals surface area (Å²) in [5.41, 5.74) is 0.430. The molecule has 3 heterocycles. The summed E-state index contributed by atoms with van der Waals surface area (Å²) in [4.78, 5) is 8.26. The van der Waals surface area contributed by atoms with E-state index >= 15 is 0 Å². The maximum absolute atomic E-state index is 14.5. The van der Waals surface area contributed by atoms with Crippen LogP contribution in [0.5, 0.6) is 5.75 Å². The smallest absolute Gasteiger partial charge is 0.432 e. The Labute approximate surface area is 196 Å².